The Morgan fingerprint density at radius 3 is 2.64 bits per heavy atom. The summed E-state index contributed by atoms with van der Waals surface area (Å²) >= 11 is 12.1. The average Bonchev–Trinajstić information content (AvgIpc) is 2.49. The number of nitrogens with zero attached hydrogens (tertiary/aromatic N) is 1. The summed E-state index contributed by atoms with van der Waals surface area (Å²) in [4.78, 5) is 19.0. The molecule has 0 atom stereocenters. The summed E-state index contributed by atoms with van der Waals surface area (Å²) in [6, 6.07) is 10.6. The highest BCUT2D eigenvalue weighted by atomic mass is 35.5. The summed E-state index contributed by atoms with van der Waals surface area (Å²) in [5.41, 5.74) is 0.847. The van der Waals surface area contributed by atoms with Crippen molar-refractivity contribution < 1.29 is 4.39 Å². The highest BCUT2D eigenvalue weighted by Gasteiger charge is 2.07. The molecule has 0 saturated carbocycles. The Bertz CT molecular complexity index is 933. The van der Waals surface area contributed by atoms with E-state index in [1.54, 1.807) is 36.4 Å². The van der Waals surface area contributed by atoms with Gasteiger partial charge in [-0.1, -0.05) is 35.3 Å². The Kier molecular flexibility index (Phi) is 3.96. The topological polar surface area (TPSA) is 45.8 Å². The molecule has 3 rings (SSSR count). The molecule has 1 aromatic heterocycles. The first-order chi connectivity index (χ1) is 10.5. The molecule has 0 unspecified atom stereocenters. The molecule has 22 heavy (non-hydrogen) atoms. The molecule has 110 valence electrons. The van der Waals surface area contributed by atoms with Crippen molar-refractivity contribution in [1.82, 2.24) is 9.97 Å². The lowest BCUT2D eigenvalue weighted by Gasteiger charge is -2.03. The summed E-state index contributed by atoms with van der Waals surface area (Å²) in [5.74, 6) is -0.106. The Morgan fingerprint density at radius 1 is 1.18 bits per heavy atom. The average molecular weight is 335 g/mol. The van der Waals surface area contributed by atoms with Gasteiger partial charge in [0.1, 0.15) is 5.82 Å². The van der Waals surface area contributed by atoms with Gasteiger partial charge in [-0.15, -0.1) is 0 Å². The normalized spacial score (nSPS) is 11.9. The van der Waals surface area contributed by atoms with Crippen molar-refractivity contribution in [1.29, 1.82) is 0 Å². The Balaban J connectivity index is 2.09. The molecule has 0 radical (unpaired) electrons. The van der Waals surface area contributed by atoms with Crippen molar-refractivity contribution in [2.75, 3.05) is 0 Å². The smallest absolute Gasteiger partial charge is 0.259 e. The van der Waals surface area contributed by atoms with E-state index >= 15 is 0 Å². The zero-order chi connectivity index (χ0) is 15.7. The monoisotopic (exact) mass is 334 g/mol. The van der Waals surface area contributed by atoms with Crippen LogP contribution < -0.4 is 5.56 Å². The first-order valence-electron chi connectivity index (χ1n) is 6.36. The van der Waals surface area contributed by atoms with Gasteiger partial charge in [0.2, 0.25) is 0 Å². The van der Waals surface area contributed by atoms with Gasteiger partial charge in [-0.05, 0) is 42.0 Å². The van der Waals surface area contributed by atoms with Crippen LogP contribution in [0.1, 0.15) is 11.4 Å². The van der Waals surface area contributed by atoms with E-state index in [0.717, 1.165) is 0 Å². The standard InChI is InChI=1S/C16H9Cl2FN2O/c17-10-3-6-12-14(8-10)20-15(21-16(12)22)13(18)7-9-1-4-11(19)5-2-9/h1-8H,(H,20,21,22). The fourth-order valence-corrected chi connectivity index (χ4v) is 2.38. The van der Waals surface area contributed by atoms with Gasteiger partial charge in [0.05, 0.1) is 15.9 Å². The number of hydrogen-bond donors (Lipinski definition) is 1. The summed E-state index contributed by atoms with van der Waals surface area (Å²) in [6.07, 6.45) is 1.59. The van der Waals surface area contributed by atoms with Crippen LogP contribution in [0.3, 0.4) is 0 Å². The quantitative estimate of drug-likeness (QED) is 0.752. The number of nitrogens with one attached hydrogen (secondary N) is 1. The minimum Gasteiger partial charge on any atom is -0.305 e. The highest BCUT2D eigenvalue weighted by Crippen LogP contribution is 2.21. The maximum Gasteiger partial charge on any atom is 0.259 e. The second-order valence-electron chi connectivity index (χ2n) is 4.62. The van der Waals surface area contributed by atoms with Crippen LogP contribution >= 0.6 is 23.2 Å². The Labute approximate surface area is 135 Å². The van der Waals surface area contributed by atoms with E-state index in [9.17, 15) is 9.18 Å². The molecule has 3 nitrogen and oxygen atoms in total. The largest absolute Gasteiger partial charge is 0.305 e. The van der Waals surface area contributed by atoms with E-state index in [0.29, 0.717) is 21.5 Å². The van der Waals surface area contributed by atoms with Crippen LogP contribution in [0.5, 0.6) is 0 Å². The third kappa shape index (κ3) is 3.03. The van der Waals surface area contributed by atoms with E-state index in [4.69, 9.17) is 23.2 Å². The van der Waals surface area contributed by atoms with Gasteiger partial charge in [0.25, 0.3) is 5.56 Å². The van der Waals surface area contributed by atoms with Crippen molar-refractivity contribution in [3.63, 3.8) is 0 Å². The molecular formula is C16H9Cl2FN2O. The predicted molar refractivity (Wildman–Crippen MR) is 87.5 cm³/mol. The zero-order valence-corrected chi connectivity index (χ0v) is 12.6. The van der Waals surface area contributed by atoms with E-state index in [1.807, 2.05) is 0 Å². The number of aromatic nitrogens is 2. The van der Waals surface area contributed by atoms with Gasteiger partial charge >= 0.3 is 0 Å². The first kappa shape index (κ1) is 14.8. The van der Waals surface area contributed by atoms with Gasteiger partial charge in [-0.25, -0.2) is 9.37 Å². The van der Waals surface area contributed by atoms with Crippen molar-refractivity contribution >= 4 is 45.2 Å². The molecule has 1 heterocycles. The lowest BCUT2D eigenvalue weighted by molar-refractivity contribution is 0.628. The molecule has 0 spiro atoms. The predicted octanol–water partition coefficient (Wildman–Crippen LogP) is 4.45. The van der Waals surface area contributed by atoms with E-state index in [-0.39, 0.29) is 22.2 Å². The van der Waals surface area contributed by atoms with E-state index < -0.39 is 0 Å². The van der Waals surface area contributed by atoms with Crippen LogP contribution in [-0.4, -0.2) is 9.97 Å². The van der Waals surface area contributed by atoms with Gasteiger partial charge in [-0.3, -0.25) is 4.79 Å². The fourth-order valence-electron chi connectivity index (χ4n) is 2.00. The molecular weight excluding hydrogens is 326 g/mol. The van der Waals surface area contributed by atoms with Gasteiger partial charge in [-0.2, -0.15) is 0 Å². The Hall–Kier alpha value is -2.17. The van der Waals surface area contributed by atoms with Crippen LogP contribution in [0.4, 0.5) is 4.39 Å². The summed E-state index contributed by atoms with van der Waals surface area (Å²) in [7, 11) is 0. The highest BCUT2D eigenvalue weighted by molar-refractivity contribution is 6.50. The number of rotatable bonds is 2. The van der Waals surface area contributed by atoms with Gasteiger partial charge in [0, 0.05) is 5.02 Å². The first-order valence-corrected chi connectivity index (χ1v) is 7.11. The number of H-pyrrole nitrogens is 1. The molecule has 0 aliphatic rings. The zero-order valence-electron chi connectivity index (χ0n) is 11.1. The number of benzene rings is 2. The summed E-state index contributed by atoms with van der Waals surface area (Å²) < 4.78 is 12.9. The van der Waals surface area contributed by atoms with E-state index in [1.165, 1.54) is 12.1 Å². The number of fused-ring (bicyclic) bond motifs is 1. The van der Waals surface area contributed by atoms with Crippen molar-refractivity contribution in [2.24, 2.45) is 0 Å². The van der Waals surface area contributed by atoms with Crippen LogP contribution in [0.25, 0.3) is 22.0 Å². The van der Waals surface area contributed by atoms with Crippen LogP contribution in [0.2, 0.25) is 5.02 Å². The molecule has 1 N–H and O–H groups in total. The third-order valence-electron chi connectivity index (χ3n) is 3.06. The third-order valence-corrected chi connectivity index (χ3v) is 3.58. The SMILES string of the molecule is O=c1[nH]c(C(Cl)=Cc2ccc(F)cc2)nc2cc(Cl)ccc12. The number of halogens is 3. The second-order valence-corrected chi connectivity index (χ2v) is 5.46. The fraction of sp³-hybridized carbons (Fsp3) is 0. The molecule has 0 fully saturated rings. The molecule has 2 aromatic carbocycles. The molecule has 0 aliphatic heterocycles. The van der Waals surface area contributed by atoms with Gasteiger partial charge in [0.15, 0.2) is 5.82 Å². The Morgan fingerprint density at radius 2 is 1.91 bits per heavy atom. The van der Waals surface area contributed by atoms with E-state index in [2.05, 4.69) is 9.97 Å². The summed E-state index contributed by atoms with van der Waals surface area (Å²) in [6.45, 7) is 0. The molecule has 0 amide bonds. The number of aromatic amines is 1. The summed E-state index contributed by atoms with van der Waals surface area (Å²) in [5, 5.41) is 1.15. The van der Waals surface area contributed by atoms with Crippen molar-refractivity contribution in [3.8, 4) is 0 Å². The minimum atomic E-state index is -0.333. The maximum absolute atomic E-state index is 12.9. The molecule has 0 aliphatic carbocycles. The molecule has 0 bridgehead atoms. The van der Waals surface area contributed by atoms with Crippen LogP contribution in [0, 0.1) is 5.82 Å². The molecule has 0 saturated heterocycles. The van der Waals surface area contributed by atoms with Crippen LogP contribution in [0.15, 0.2) is 47.3 Å². The lowest BCUT2D eigenvalue weighted by Crippen LogP contribution is -2.10. The number of hydrogen-bond acceptors (Lipinski definition) is 2. The van der Waals surface area contributed by atoms with Crippen LogP contribution in [-0.2, 0) is 0 Å². The van der Waals surface area contributed by atoms with Gasteiger partial charge < -0.3 is 4.98 Å². The second kappa shape index (κ2) is 5.91. The maximum atomic E-state index is 12.9. The molecule has 6 heteroatoms. The minimum absolute atomic E-state index is 0.228. The molecule has 3 aromatic rings. The van der Waals surface area contributed by atoms with Crippen molar-refractivity contribution in [3.05, 3.63) is 75.0 Å². The van der Waals surface area contributed by atoms with Crippen molar-refractivity contribution in [2.45, 2.75) is 0 Å². The lowest BCUT2D eigenvalue weighted by atomic mass is 10.2.